The molecule has 0 spiro atoms. The number of halogens is 2. The van der Waals surface area contributed by atoms with E-state index >= 15 is 0 Å². The fourth-order valence-corrected chi connectivity index (χ4v) is 3.19. The molecule has 1 aliphatic rings. The third kappa shape index (κ3) is 5.63. The molecule has 28 heavy (non-hydrogen) atoms. The Morgan fingerprint density at radius 2 is 1.75 bits per heavy atom. The number of hydrogen-bond donors (Lipinski definition) is 0. The Balaban J connectivity index is 1.48. The molecule has 1 amide bonds. The second kappa shape index (κ2) is 9.46. The van der Waals surface area contributed by atoms with Crippen molar-refractivity contribution in [3.8, 4) is 5.75 Å². The summed E-state index contributed by atoms with van der Waals surface area (Å²) in [6, 6.07) is 14.6. The van der Waals surface area contributed by atoms with Crippen LogP contribution in [0.25, 0.3) is 6.08 Å². The first-order valence-corrected chi connectivity index (χ1v) is 9.30. The van der Waals surface area contributed by atoms with Crippen LogP contribution in [-0.4, -0.2) is 48.5 Å². The maximum absolute atomic E-state index is 12.4. The van der Waals surface area contributed by atoms with Crippen molar-refractivity contribution in [3.63, 3.8) is 0 Å². The molecule has 4 nitrogen and oxygen atoms in total. The first-order chi connectivity index (χ1) is 13.5. The number of carbonyl (C=O) groups excluding carboxylic acids is 1. The van der Waals surface area contributed by atoms with E-state index in [1.165, 1.54) is 29.3 Å². The minimum Gasteiger partial charge on any atom is -0.435 e. The normalized spacial score (nSPS) is 15.4. The SMILES string of the molecule is Cc1ccccc1CN1CCN(C(=O)/C=C\c2ccc(OC(F)F)cc2)CC1. The Bertz CT molecular complexity index is 814. The van der Waals surface area contributed by atoms with Gasteiger partial charge in [0.25, 0.3) is 0 Å². The summed E-state index contributed by atoms with van der Waals surface area (Å²) in [5, 5.41) is 0. The van der Waals surface area contributed by atoms with Gasteiger partial charge in [-0.1, -0.05) is 36.4 Å². The summed E-state index contributed by atoms with van der Waals surface area (Å²) in [5.74, 6) is 0.0618. The number of rotatable bonds is 6. The molecule has 6 heteroatoms. The fraction of sp³-hybridized carbons (Fsp3) is 0.318. The Morgan fingerprint density at radius 3 is 2.39 bits per heavy atom. The molecular formula is C22H24F2N2O2. The second-order valence-corrected chi connectivity index (χ2v) is 6.81. The largest absolute Gasteiger partial charge is 0.435 e. The number of amides is 1. The number of nitrogens with zero attached hydrogens (tertiary/aromatic N) is 2. The molecule has 148 valence electrons. The number of piperazine rings is 1. The van der Waals surface area contributed by atoms with Gasteiger partial charge in [0.15, 0.2) is 0 Å². The van der Waals surface area contributed by atoms with E-state index in [9.17, 15) is 13.6 Å². The van der Waals surface area contributed by atoms with E-state index in [1.807, 2.05) is 11.0 Å². The minimum absolute atomic E-state index is 0.0385. The molecule has 3 rings (SSSR count). The van der Waals surface area contributed by atoms with Gasteiger partial charge in [-0.05, 0) is 41.8 Å². The lowest BCUT2D eigenvalue weighted by molar-refractivity contribution is -0.127. The third-order valence-electron chi connectivity index (χ3n) is 4.86. The molecule has 0 aromatic heterocycles. The summed E-state index contributed by atoms with van der Waals surface area (Å²) in [7, 11) is 0. The summed E-state index contributed by atoms with van der Waals surface area (Å²) in [4.78, 5) is 16.6. The van der Waals surface area contributed by atoms with Crippen molar-refractivity contribution in [2.45, 2.75) is 20.1 Å². The molecule has 1 saturated heterocycles. The number of benzene rings is 2. The highest BCUT2D eigenvalue weighted by molar-refractivity contribution is 5.91. The van der Waals surface area contributed by atoms with E-state index in [1.54, 1.807) is 18.2 Å². The lowest BCUT2D eigenvalue weighted by atomic mass is 10.1. The van der Waals surface area contributed by atoms with Crippen LogP contribution in [0.3, 0.4) is 0 Å². The van der Waals surface area contributed by atoms with Crippen LogP contribution in [-0.2, 0) is 11.3 Å². The average molecular weight is 386 g/mol. The molecule has 2 aromatic carbocycles. The number of carbonyl (C=O) groups is 1. The summed E-state index contributed by atoms with van der Waals surface area (Å²) in [6.45, 7) is 3.24. The van der Waals surface area contributed by atoms with Crippen molar-refractivity contribution in [2.24, 2.45) is 0 Å². The van der Waals surface area contributed by atoms with Crippen LogP contribution in [0.4, 0.5) is 8.78 Å². The van der Waals surface area contributed by atoms with Gasteiger partial charge in [0, 0.05) is 38.8 Å². The first kappa shape index (κ1) is 20.0. The first-order valence-electron chi connectivity index (χ1n) is 9.30. The highest BCUT2D eigenvalue weighted by Gasteiger charge is 2.19. The van der Waals surface area contributed by atoms with Crippen LogP contribution < -0.4 is 4.74 Å². The monoisotopic (exact) mass is 386 g/mol. The standard InChI is InChI=1S/C22H24F2N2O2/c1-17-4-2-3-5-19(17)16-25-12-14-26(15-13-25)21(27)11-8-18-6-9-20(10-7-18)28-22(23)24/h2-11,22H,12-16H2,1H3/b11-8-. The van der Waals surface area contributed by atoms with Gasteiger partial charge >= 0.3 is 6.61 Å². The average Bonchev–Trinajstić information content (AvgIpc) is 2.69. The Morgan fingerprint density at radius 1 is 1.07 bits per heavy atom. The van der Waals surface area contributed by atoms with Gasteiger partial charge in [0.05, 0.1) is 0 Å². The van der Waals surface area contributed by atoms with Crippen molar-refractivity contribution >= 4 is 12.0 Å². The number of alkyl halides is 2. The maximum Gasteiger partial charge on any atom is 0.387 e. The van der Waals surface area contributed by atoms with Gasteiger partial charge in [-0.2, -0.15) is 8.78 Å². The number of ether oxygens (including phenoxy) is 1. The molecule has 0 N–H and O–H groups in total. The number of hydrogen-bond acceptors (Lipinski definition) is 3. The van der Waals surface area contributed by atoms with Gasteiger partial charge in [-0.3, -0.25) is 9.69 Å². The molecule has 1 fully saturated rings. The van der Waals surface area contributed by atoms with Crippen LogP contribution in [0.1, 0.15) is 16.7 Å². The molecule has 0 aliphatic carbocycles. The summed E-state index contributed by atoms with van der Waals surface area (Å²) >= 11 is 0. The Hall–Kier alpha value is -2.73. The predicted octanol–water partition coefficient (Wildman–Crippen LogP) is 3.95. The van der Waals surface area contributed by atoms with E-state index in [0.717, 1.165) is 25.2 Å². The molecule has 0 bridgehead atoms. The quantitative estimate of drug-likeness (QED) is 0.705. The molecule has 0 saturated carbocycles. The zero-order chi connectivity index (χ0) is 19.9. The van der Waals surface area contributed by atoms with Gasteiger partial charge < -0.3 is 9.64 Å². The van der Waals surface area contributed by atoms with Crippen molar-refractivity contribution in [3.05, 3.63) is 71.3 Å². The molecule has 0 atom stereocenters. The highest BCUT2D eigenvalue weighted by Crippen LogP contribution is 2.16. The van der Waals surface area contributed by atoms with Gasteiger partial charge in [-0.25, -0.2) is 0 Å². The summed E-state index contributed by atoms with van der Waals surface area (Å²) in [6.07, 6.45) is 3.22. The highest BCUT2D eigenvalue weighted by atomic mass is 19.3. The van der Waals surface area contributed by atoms with E-state index in [-0.39, 0.29) is 11.7 Å². The van der Waals surface area contributed by atoms with Crippen molar-refractivity contribution in [1.82, 2.24) is 9.80 Å². The maximum atomic E-state index is 12.4. The van der Waals surface area contributed by atoms with Gasteiger partial charge in [0.2, 0.25) is 5.91 Å². The summed E-state index contributed by atoms with van der Waals surface area (Å²) in [5.41, 5.74) is 3.36. The third-order valence-corrected chi connectivity index (χ3v) is 4.86. The summed E-state index contributed by atoms with van der Waals surface area (Å²) < 4.78 is 28.6. The minimum atomic E-state index is -2.84. The molecule has 1 aliphatic heterocycles. The Kier molecular flexibility index (Phi) is 6.76. The zero-order valence-corrected chi connectivity index (χ0v) is 15.9. The lowest BCUT2D eigenvalue weighted by Gasteiger charge is -2.34. The van der Waals surface area contributed by atoms with Crippen LogP contribution in [0, 0.1) is 6.92 Å². The topological polar surface area (TPSA) is 32.8 Å². The lowest BCUT2D eigenvalue weighted by Crippen LogP contribution is -2.47. The van der Waals surface area contributed by atoms with E-state index in [0.29, 0.717) is 13.1 Å². The van der Waals surface area contributed by atoms with E-state index in [4.69, 9.17) is 0 Å². The van der Waals surface area contributed by atoms with Gasteiger partial charge in [-0.15, -0.1) is 0 Å². The number of aryl methyl sites for hydroxylation is 1. The molecule has 2 aromatic rings. The Labute approximate surface area is 164 Å². The molecule has 1 heterocycles. The molecular weight excluding hydrogens is 362 g/mol. The van der Waals surface area contributed by atoms with Crippen molar-refractivity contribution < 1.29 is 18.3 Å². The zero-order valence-electron chi connectivity index (χ0n) is 15.9. The van der Waals surface area contributed by atoms with Crippen LogP contribution in [0.2, 0.25) is 0 Å². The smallest absolute Gasteiger partial charge is 0.387 e. The van der Waals surface area contributed by atoms with E-state index < -0.39 is 6.61 Å². The molecule has 0 radical (unpaired) electrons. The second-order valence-electron chi connectivity index (χ2n) is 6.81. The van der Waals surface area contributed by atoms with Crippen LogP contribution >= 0.6 is 0 Å². The van der Waals surface area contributed by atoms with Crippen molar-refractivity contribution in [2.75, 3.05) is 26.2 Å². The van der Waals surface area contributed by atoms with E-state index in [2.05, 4.69) is 34.8 Å². The van der Waals surface area contributed by atoms with Crippen molar-refractivity contribution in [1.29, 1.82) is 0 Å². The van der Waals surface area contributed by atoms with Gasteiger partial charge in [0.1, 0.15) is 5.75 Å². The fourth-order valence-electron chi connectivity index (χ4n) is 3.19. The van der Waals surface area contributed by atoms with Crippen LogP contribution in [0.15, 0.2) is 54.6 Å². The van der Waals surface area contributed by atoms with Crippen LogP contribution in [0.5, 0.6) is 5.75 Å². The molecule has 0 unspecified atom stereocenters. The predicted molar refractivity (Wildman–Crippen MR) is 105 cm³/mol.